The molecule has 0 unspecified atom stereocenters. The highest BCUT2D eigenvalue weighted by molar-refractivity contribution is 5.65. The van der Waals surface area contributed by atoms with Gasteiger partial charge in [0.25, 0.3) is 0 Å². The Labute approximate surface area is 97.2 Å². The van der Waals surface area contributed by atoms with Crippen molar-refractivity contribution in [1.29, 1.82) is 0 Å². The fraction of sp³-hybridized carbons (Fsp3) is 0.538. The second-order valence-electron chi connectivity index (χ2n) is 4.10. The lowest BCUT2D eigenvalue weighted by Crippen LogP contribution is -2.26. The third kappa shape index (κ3) is 3.65. The van der Waals surface area contributed by atoms with Gasteiger partial charge in [-0.25, -0.2) is 0 Å². The van der Waals surface area contributed by atoms with Gasteiger partial charge in [0.2, 0.25) is 0 Å². The largest absolute Gasteiger partial charge is 0.466 e. The molecule has 0 saturated carbocycles. The highest BCUT2D eigenvalue weighted by atomic mass is 16.5. The third-order valence-electron chi connectivity index (χ3n) is 2.90. The summed E-state index contributed by atoms with van der Waals surface area (Å²) < 4.78 is 4.91. The van der Waals surface area contributed by atoms with Gasteiger partial charge in [-0.3, -0.25) is 4.79 Å². The Morgan fingerprint density at radius 2 is 1.75 bits per heavy atom. The zero-order valence-electron chi connectivity index (χ0n) is 10.3. The van der Waals surface area contributed by atoms with Crippen LogP contribution in [0.5, 0.6) is 0 Å². The van der Waals surface area contributed by atoms with E-state index in [0.717, 1.165) is 17.4 Å². The number of ether oxygens (including phenoxy) is 1. The van der Waals surface area contributed by atoms with Crippen LogP contribution in [0.4, 0.5) is 0 Å². The van der Waals surface area contributed by atoms with E-state index in [1.54, 1.807) is 0 Å². The van der Waals surface area contributed by atoms with Crippen molar-refractivity contribution in [3.05, 3.63) is 24.3 Å². The molecule has 0 spiro atoms. The van der Waals surface area contributed by atoms with Gasteiger partial charge in [0.15, 0.2) is 0 Å². The maximum Gasteiger partial charge on any atom is 0.302 e. The maximum absolute atomic E-state index is 10.7. The summed E-state index contributed by atoms with van der Waals surface area (Å²) in [7, 11) is 0. The van der Waals surface area contributed by atoms with Crippen LogP contribution in [0.2, 0.25) is 0 Å². The van der Waals surface area contributed by atoms with Crippen molar-refractivity contribution < 1.29 is 14.3 Å². The third-order valence-corrected chi connectivity index (χ3v) is 2.90. The first kappa shape index (κ1) is 14.6. The van der Waals surface area contributed by atoms with Crippen molar-refractivity contribution in [3.8, 4) is 0 Å². The molecule has 0 aliphatic heterocycles. The average molecular weight is 224 g/mol. The molecule has 0 heterocycles. The number of rotatable bonds is 7. The highest BCUT2D eigenvalue weighted by Crippen LogP contribution is 2.39. The number of esters is 1. The molecular weight excluding hydrogens is 204 g/mol. The molecule has 90 valence electrons. The van der Waals surface area contributed by atoms with Gasteiger partial charge in [-0.2, -0.15) is 0 Å². The van der Waals surface area contributed by atoms with Crippen molar-refractivity contribution in [3.63, 3.8) is 0 Å². The zero-order chi connectivity index (χ0) is 12.8. The first-order valence-electron chi connectivity index (χ1n) is 5.26. The first-order valence-corrected chi connectivity index (χ1v) is 5.26. The van der Waals surface area contributed by atoms with Gasteiger partial charge < -0.3 is 9.53 Å². The van der Waals surface area contributed by atoms with Crippen LogP contribution in [0.3, 0.4) is 0 Å². The van der Waals surface area contributed by atoms with Crippen LogP contribution in [0.25, 0.3) is 0 Å². The van der Waals surface area contributed by atoms with Gasteiger partial charge in [0, 0.05) is 18.8 Å². The second-order valence-corrected chi connectivity index (χ2v) is 4.10. The smallest absolute Gasteiger partial charge is 0.302 e. The molecule has 0 bridgehead atoms. The molecule has 3 heteroatoms. The lowest BCUT2D eigenvalue weighted by atomic mass is 9.71. The Balaban J connectivity index is 4.76. The molecule has 0 aliphatic carbocycles. The molecule has 0 fully saturated rings. The number of hydrogen-bond acceptors (Lipinski definition) is 3. The van der Waals surface area contributed by atoms with E-state index in [2.05, 4.69) is 13.2 Å². The lowest BCUT2D eigenvalue weighted by molar-refractivity contribution is -0.141. The summed E-state index contributed by atoms with van der Waals surface area (Å²) in [6.45, 7) is 13.2. The molecule has 0 aliphatic rings. The number of allylic oxidation sites excluding steroid dienone is 2. The average Bonchev–Trinajstić information content (AvgIpc) is 2.14. The van der Waals surface area contributed by atoms with E-state index in [9.17, 15) is 9.59 Å². The Morgan fingerprint density at radius 3 is 2.06 bits per heavy atom. The van der Waals surface area contributed by atoms with E-state index >= 15 is 0 Å². The van der Waals surface area contributed by atoms with Crippen molar-refractivity contribution in [1.82, 2.24) is 0 Å². The zero-order valence-corrected chi connectivity index (χ0v) is 10.3. The van der Waals surface area contributed by atoms with E-state index in [4.69, 9.17) is 4.74 Å². The summed E-state index contributed by atoms with van der Waals surface area (Å²) in [4.78, 5) is 21.4. The molecule has 0 aromatic rings. The molecule has 0 amide bonds. The van der Waals surface area contributed by atoms with Crippen LogP contribution in [-0.2, 0) is 14.3 Å². The minimum absolute atomic E-state index is 0.281. The molecular formula is C13H20O3. The van der Waals surface area contributed by atoms with E-state index in [1.807, 2.05) is 13.8 Å². The number of carbonyl (C=O) groups excluding carboxylic acids is 2. The summed E-state index contributed by atoms with van der Waals surface area (Å²) in [5.74, 6) is -0.316. The minimum Gasteiger partial charge on any atom is -0.466 e. The molecule has 0 saturated heterocycles. The summed E-state index contributed by atoms with van der Waals surface area (Å²) in [6.07, 6.45) is 1.74. The van der Waals surface area contributed by atoms with Crippen molar-refractivity contribution in [2.45, 2.75) is 33.6 Å². The van der Waals surface area contributed by atoms with Gasteiger partial charge in [-0.1, -0.05) is 24.3 Å². The molecule has 16 heavy (non-hydrogen) atoms. The van der Waals surface area contributed by atoms with E-state index < -0.39 is 5.41 Å². The highest BCUT2D eigenvalue weighted by Gasteiger charge is 2.31. The van der Waals surface area contributed by atoms with Gasteiger partial charge >= 0.3 is 5.97 Å². The predicted octanol–water partition coefficient (Wildman–Crippen LogP) is 2.67. The number of hydrogen-bond donors (Lipinski definition) is 0. The Morgan fingerprint density at radius 1 is 1.25 bits per heavy atom. The summed E-state index contributed by atoms with van der Waals surface area (Å²) >= 11 is 0. The van der Waals surface area contributed by atoms with Crippen LogP contribution in [0, 0.1) is 5.41 Å². The molecule has 0 aromatic carbocycles. The standard InChI is InChI=1S/C13H20O3/c1-10(2)13(6-8-14,11(3)4)7-9-16-12(5)15/h8H,1,3,6-7,9H2,2,4-5H3. The van der Waals surface area contributed by atoms with E-state index in [-0.39, 0.29) is 12.6 Å². The Bertz CT molecular complexity index is 288. The van der Waals surface area contributed by atoms with Gasteiger partial charge in [-0.05, 0) is 20.3 Å². The van der Waals surface area contributed by atoms with E-state index in [0.29, 0.717) is 12.8 Å². The number of aldehydes is 1. The second kappa shape index (κ2) is 6.26. The van der Waals surface area contributed by atoms with Crippen LogP contribution in [0.1, 0.15) is 33.6 Å². The molecule has 0 atom stereocenters. The summed E-state index contributed by atoms with van der Waals surface area (Å²) in [5.41, 5.74) is 1.30. The normalized spacial score (nSPS) is 10.7. The topological polar surface area (TPSA) is 43.4 Å². The van der Waals surface area contributed by atoms with Gasteiger partial charge in [-0.15, -0.1) is 0 Å². The van der Waals surface area contributed by atoms with Crippen molar-refractivity contribution >= 4 is 12.3 Å². The Hall–Kier alpha value is -1.38. The van der Waals surface area contributed by atoms with Gasteiger partial charge in [0.05, 0.1) is 6.61 Å². The summed E-state index contributed by atoms with van der Waals surface area (Å²) in [5, 5.41) is 0. The van der Waals surface area contributed by atoms with Crippen LogP contribution in [0.15, 0.2) is 24.3 Å². The predicted molar refractivity (Wildman–Crippen MR) is 64.0 cm³/mol. The maximum atomic E-state index is 10.7. The van der Waals surface area contributed by atoms with Crippen molar-refractivity contribution in [2.24, 2.45) is 5.41 Å². The van der Waals surface area contributed by atoms with E-state index in [1.165, 1.54) is 6.92 Å². The molecule has 0 N–H and O–H groups in total. The molecule has 0 aromatic heterocycles. The monoisotopic (exact) mass is 224 g/mol. The van der Waals surface area contributed by atoms with Crippen LogP contribution >= 0.6 is 0 Å². The summed E-state index contributed by atoms with van der Waals surface area (Å²) in [6, 6.07) is 0. The fourth-order valence-electron chi connectivity index (χ4n) is 1.75. The molecule has 0 radical (unpaired) electrons. The molecule has 3 nitrogen and oxygen atoms in total. The van der Waals surface area contributed by atoms with Crippen molar-refractivity contribution in [2.75, 3.05) is 6.61 Å². The fourth-order valence-corrected chi connectivity index (χ4v) is 1.75. The van der Waals surface area contributed by atoms with Crippen LogP contribution in [-0.4, -0.2) is 18.9 Å². The number of carbonyl (C=O) groups is 2. The quantitative estimate of drug-likeness (QED) is 0.379. The van der Waals surface area contributed by atoms with Gasteiger partial charge in [0.1, 0.15) is 6.29 Å². The minimum atomic E-state index is -0.447. The Kier molecular flexibility index (Phi) is 5.72. The molecule has 0 rings (SSSR count). The van der Waals surface area contributed by atoms with Crippen LogP contribution < -0.4 is 0 Å². The first-order chi connectivity index (χ1) is 7.36. The SMILES string of the molecule is C=C(C)C(CC=O)(CCOC(C)=O)C(=C)C. The lowest BCUT2D eigenvalue weighted by Gasteiger charge is -2.33.